The first-order chi connectivity index (χ1) is 13.6. The van der Waals surface area contributed by atoms with Crippen molar-refractivity contribution >= 4 is 28.5 Å². The van der Waals surface area contributed by atoms with E-state index in [0.29, 0.717) is 22.7 Å². The van der Waals surface area contributed by atoms with Crippen LogP contribution < -0.4 is 15.9 Å². The van der Waals surface area contributed by atoms with Crippen LogP contribution in [0, 0.1) is 11.8 Å². The van der Waals surface area contributed by atoms with Crippen LogP contribution in [-0.4, -0.2) is 28.0 Å². The zero-order chi connectivity index (χ0) is 19.7. The van der Waals surface area contributed by atoms with Gasteiger partial charge in [0.1, 0.15) is 11.9 Å². The van der Waals surface area contributed by atoms with Crippen molar-refractivity contribution in [3.05, 3.63) is 46.5 Å². The lowest BCUT2D eigenvalue weighted by Crippen LogP contribution is -2.55. The van der Waals surface area contributed by atoms with Crippen molar-refractivity contribution in [3.8, 4) is 0 Å². The first kappa shape index (κ1) is 19.2. The number of para-hydroxylation sites is 1. The molecule has 148 valence electrons. The van der Waals surface area contributed by atoms with Crippen LogP contribution in [0.4, 0.5) is 0 Å². The highest BCUT2D eigenvalue weighted by atomic mass is 32.2. The van der Waals surface area contributed by atoms with E-state index in [1.54, 1.807) is 11.8 Å². The molecule has 1 aliphatic carbocycles. The van der Waals surface area contributed by atoms with E-state index in [1.807, 2.05) is 29.3 Å². The number of carbonyl (C=O) groups is 1. The van der Waals surface area contributed by atoms with Gasteiger partial charge in [0.15, 0.2) is 5.17 Å². The number of hydrogen-bond acceptors (Lipinski definition) is 5. The number of amides is 1. The average Bonchev–Trinajstić information content (AvgIpc) is 2.67. The van der Waals surface area contributed by atoms with Crippen molar-refractivity contribution < 1.29 is 4.79 Å². The number of thioether (sulfide) groups is 1. The highest BCUT2D eigenvalue weighted by Gasteiger charge is 2.39. The minimum atomic E-state index is -0.142. The van der Waals surface area contributed by atoms with Crippen LogP contribution in [0.15, 0.2) is 46.0 Å². The molecule has 5 nitrogen and oxygen atoms in total. The summed E-state index contributed by atoms with van der Waals surface area (Å²) in [5, 5.41) is 12.2. The largest absolute Gasteiger partial charge is 0.298 e. The zero-order valence-corrected chi connectivity index (χ0v) is 17.6. The van der Waals surface area contributed by atoms with Gasteiger partial charge in [-0.15, -0.1) is 5.10 Å². The molecule has 1 aromatic rings. The fourth-order valence-corrected chi connectivity index (χ4v) is 5.17. The molecule has 2 aliphatic heterocycles. The van der Waals surface area contributed by atoms with Crippen LogP contribution >= 0.6 is 11.8 Å². The summed E-state index contributed by atoms with van der Waals surface area (Å²) in [6.07, 6.45) is 6.47. The Balaban J connectivity index is 1.78. The summed E-state index contributed by atoms with van der Waals surface area (Å²) in [6, 6.07) is 7.91. The normalized spacial score (nSPS) is 26.5. The molecule has 1 aromatic carbocycles. The molecule has 0 aromatic heterocycles. The van der Waals surface area contributed by atoms with Crippen molar-refractivity contribution in [1.29, 1.82) is 0 Å². The van der Waals surface area contributed by atoms with Crippen LogP contribution in [0.1, 0.15) is 46.5 Å². The van der Waals surface area contributed by atoms with E-state index in [4.69, 9.17) is 10.1 Å². The lowest BCUT2D eigenvalue weighted by molar-refractivity contribution is -0.116. The zero-order valence-electron chi connectivity index (χ0n) is 16.8. The SMILES string of the molecule is CCCCSC1=NN2C(=c3ccccc3=N[C@@H]2[C@@H]2CC=C(C)C[C@@H]2C)C(=O)N1. The number of nitrogens with zero attached hydrogens (tertiary/aromatic N) is 3. The Bertz CT molecular complexity index is 952. The summed E-state index contributed by atoms with van der Waals surface area (Å²) >= 11 is 1.62. The van der Waals surface area contributed by atoms with Crippen molar-refractivity contribution in [3.63, 3.8) is 0 Å². The molecule has 0 fully saturated rings. The van der Waals surface area contributed by atoms with E-state index in [0.717, 1.165) is 42.0 Å². The van der Waals surface area contributed by atoms with E-state index in [2.05, 4.69) is 32.2 Å². The Labute approximate surface area is 170 Å². The Morgan fingerprint density at radius 1 is 1.32 bits per heavy atom. The van der Waals surface area contributed by atoms with Gasteiger partial charge in [-0.05, 0) is 38.2 Å². The lowest BCUT2D eigenvalue weighted by Gasteiger charge is -2.40. The van der Waals surface area contributed by atoms with Gasteiger partial charge in [0.2, 0.25) is 0 Å². The fourth-order valence-electron chi connectivity index (χ4n) is 4.24. The Morgan fingerprint density at radius 3 is 2.93 bits per heavy atom. The van der Waals surface area contributed by atoms with E-state index >= 15 is 0 Å². The van der Waals surface area contributed by atoms with Crippen molar-refractivity contribution in [2.24, 2.45) is 21.9 Å². The maximum atomic E-state index is 13.1. The maximum absolute atomic E-state index is 13.1. The number of hydrogen-bond donors (Lipinski definition) is 1. The van der Waals surface area contributed by atoms with Gasteiger partial charge in [-0.25, -0.2) is 5.01 Å². The smallest absolute Gasteiger partial charge is 0.276 e. The second-order valence-electron chi connectivity index (χ2n) is 7.95. The summed E-state index contributed by atoms with van der Waals surface area (Å²) in [5.41, 5.74) is 2.08. The number of amidine groups is 1. The second-order valence-corrected chi connectivity index (χ2v) is 9.03. The second kappa shape index (κ2) is 8.11. The number of nitrogens with one attached hydrogen (secondary N) is 1. The molecule has 0 radical (unpaired) electrons. The standard InChI is InChI=1S/C22H28N4OS/c1-4-5-12-28-22-24-21(27)19-17-8-6-7-9-18(17)23-20(26(19)25-22)16-11-10-14(2)13-15(16)3/h6-10,15-16,20H,4-5,11-13H2,1-3H3,(H,24,25,27)/t15-,16+,20-/m0/s1. The molecule has 3 atom stereocenters. The molecule has 0 spiro atoms. The third-order valence-corrected chi connectivity index (χ3v) is 6.73. The third kappa shape index (κ3) is 3.62. The molecule has 0 unspecified atom stereocenters. The molecule has 0 saturated heterocycles. The van der Waals surface area contributed by atoms with E-state index in [9.17, 15) is 4.79 Å². The average molecular weight is 397 g/mol. The lowest BCUT2D eigenvalue weighted by atomic mass is 9.79. The molecule has 0 saturated carbocycles. The van der Waals surface area contributed by atoms with Crippen molar-refractivity contribution in [2.75, 3.05) is 5.75 Å². The highest BCUT2D eigenvalue weighted by molar-refractivity contribution is 8.13. The fraction of sp³-hybridized carbons (Fsp3) is 0.500. The van der Waals surface area contributed by atoms with Gasteiger partial charge in [0.05, 0.1) is 5.36 Å². The quantitative estimate of drug-likeness (QED) is 0.629. The number of fused-ring (bicyclic) bond motifs is 2. The summed E-state index contributed by atoms with van der Waals surface area (Å²) in [5.74, 6) is 1.72. The Kier molecular flexibility index (Phi) is 5.58. The maximum Gasteiger partial charge on any atom is 0.276 e. The molecule has 6 heteroatoms. The van der Waals surface area contributed by atoms with Crippen LogP contribution in [0.5, 0.6) is 0 Å². The molecule has 1 N–H and O–H groups in total. The predicted octanol–water partition coefficient (Wildman–Crippen LogP) is 2.98. The number of carbonyl (C=O) groups excluding carboxylic acids is 1. The summed E-state index contributed by atoms with van der Waals surface area (Å²) < 4.78 is 0. The van der Waals surface area contributed by atoms with Gasteiger partial charge in [-0.2, -0.15) is 0 Å². The van der Waals surface area contributed by atoms with Crippen LogP contribution in [0.25, 0.3) is 5.70 Å². The number of benzene rings is 1. The molecule has 0 bridgehead atoms. The molecule has 1 amide bonds. The van der Waals surface area contributed by atoms with Gasteiger partial charge in [0.25, 0.3) is 5.91 Å². The van der Waals surface area contributed by atoms with Crippen LogP contribution in [0.3, 0.4) is 0 Å². The number of rotatable bonds is 4. The van der Waals surface area contributed by atoms with Crippen LogP contribution in [0.2, 0.25) is 0 Å². The van der Waals surface area contributed by atoms with E-state index < -0.39 is 0 Å². The molecular formula is C22H28N4OS. The molecule has 28 heavy (non-hydrogen) atoms. The van der Waals surface area contributed by atoms with E-state index in [-0.39, 0.29) is 12.1 Å². The number of hydrazone groups is 1. The van der Waals surface area contributed by atoms with Crippen molar-refractivity contribution in [1.82, 2.24) is 10.3 Å². The van der Waals surface area contributed by atoms with Gasteiger partial charge < -0.3 is 0 Å². The third-order valence-electron chi connectivity index (χ3n) is 5.78. The summed E-state index contributed by atoms with van der Waals surface area (Å²) in [4.78, 5) is 18.1. The number of allylic oxidation sites excluding steroid dienone is 2. The van der Waals surface area contributed by atoms with Gasteiger partial charge >= 0.3 is 0 Å². The summed E-state index contributed by atoms with van der Waals surface area (Å²) in [6.45, 7) is 6.66. The molecule has 3 aliphatic rings. The Hall–Kier alpha value is -2.08. The van der Waals surface area contributed by atoms with E-state index in [1.165, 1.54) is 5.57 Å². The highest BCUT2D eigenvalue weighted by Crippen LogP contribution is 2.36. The minimum Gasteiger partial charge on any atom is -0.298 e. The van der Waals surface area contributed by atoms with Gasteiger partial charge in [-0.1, -0.05) is 61.9 Å². The topological polar surface area (TPSA) is 57.1 Å². The van der Waals surface area contributed by atoms with Gasteiger partial charge in [-0.3, -0.25) is 15.1 Å². The van der Waals surface area contributed by atoms with Crippen LogP contribution in [-0.2, 0) is 4.79 Å². The summed E-state index contributed by atoms with van der Waals surface area (Å²) in [7, 11) is 0. The monoisotopic (exact) mass is 396 g/mol. The van der Waals surface area contributed by atoms with Gasteiger partial charge in [0, 0.05) is 16.9 Å². The molecule has 2 heterocycles. The molecule has 4 rings (SSSR count). The van der Waals surface area contributed by atoms with Crippen molar-refractivity contribution in [2.45, 2.75) is 52.6 Å². The molecular weight excluding hydrogens is 368 g/mol. The minimum absolute atomic E-state index is 0.0727. The predicted molar refractivity (Wildman–Crippen MR) is 115 cm³/mol. The number of unbranched alkanes of at least 4 members (excludes halogenated alkanes) is 1. The Morgan fingerprint density at radius 2 is 2.14 bits per heavy atom. The first-order valence-corrected chi connectivity index (χ1v) is 11.2. The first-order valence-electron chi connectivity index (χ1n) is 10.2.